The van der Waals surface area contributed by atoms with E-state index in [1.165, 1.54) is 17.0 Å². The summed E-state index contributed by atoms with van der Waals surface area (Å²) >= 11 is 0. The van der Waals surface area contributed by atoms with Crippen molar-refractivity contribution in [3.05, 3.63) is 77.9 Å². The molecule has 2 aliphatic rings. The summed E-state index contributed by atoms with van der Waals surface area (Å²) in [4.78, 5) is 37.2. The zero-order valence-corrected chi connectivity index (χ0v) is 20.3. The van der Waals surface area contributed by atoms with Gasteiger partial charge in [-0.2, -0.15) is 13.2 Å². The minimum atomic E-state index is -4.52. The van der Waals surface area contributed by atoms with E-state index in [0.717, 1.165) is 42.8 Å². The number of carbonyl (C=O) groups is 2. The zero-order valence-electron chi connectivity index (χ0n) is 20.3. The Hall–Kier alpha value is -3.95. The summed E-state index contributed by atoms with van der Waals surface area (Å²) in [6, 6.07) is 11.9. The summed E-state index contributed by atoms with van der Waals surface area (Å²) < 4.78 is 41.1. The summed E-state index contributed by atoms with van der Waals surface area (Å²) in [6.45, 7) is 1.59. The van der Waals surface area contributed by atoms with Gasteiger partial charge in [-0.3, -0.25) is 14.6 Å². The van der Waals surface area contributed by atoms with E-state index in [2.05, 4.69) is 10.3 Å². The average Bonchev–Trinajstić information content (AvgIpc) is 3.42. The second-order valence-electron chi connectivity index (χ2n) is 9.49. The number of aromatic nitrogens is 2. The van der Waals surface area contributed by atoms with E-state index in [1.54, 1.807) is 6.33 Å². The standard InChI is InChI=1S/C27H26F3N5O2/c1-18-15-34(17-31-18)22-10-5-7-19(13-22)24-25(37)35(26(33-24)11-3-2-4-12-26)16-23(36)32-21-9-6-8-20(14-21)27(28,29)30/h5-10,13-15,17H,2-4,11-12,16H2,1H3,(H,32,36). The first-order valence-electron chi connectivity index (χ1n) is 12.1. The van der Waals surface area contributed by atoms with E-state index in [0.29, 0.717) is 18.4 Å². The first-order valence-corrected chi connectivity index (χ1v) is 12.1. The molecule has 0 radical (unpaired) electrons. The van der Waals surface area contributed by atoms with Crippen molar-refractivity contribution >= 4 is 23.2 Å². The highest BCUT2D eigenvalue weighted by molar-refractivity contribution is 6.47. The first kappa shape index (κ1) is 24.7. The predicted molar refractivity (Wildman–Crippen MR) is 132 cm³/mol. The molecule has 2 aromatic carbocycles. The molecule has 192 valence electrons. The summed E-state index contributed by atoms with van der Waals surface area (Å²) in [7, 11) is 0. The van der Waals surface area contributed by atoms with Gasteiger partial charge in [-0.25, -0.2) is 4.98 Å². The molecular formula is C27H26F3N5O2. The van der Waals surface area contributed by atoms with Gasteiger partial charge in [0.05, 0.1) is 17.6 Å². The van der Waals surface area contributed by atoms with Crippen LogP contribution in [-0.2, 0) is 15.8 Å². The maximum atomic E-state index is 13.7. The second-order valence-corrected chi connectivity index (χ2v) is 9.49. The highest BCUT2D eigenvalue weighted by Crippen LogP contribution is 2.40. The van der Waals surface area contributed by atoms with Gasteiger partial charge in [0, 0.05) is 23.1 Å². The molecule has 3 aromatic rings. The Morgan fingerprint density at radius 2 is 1.84 bits per heavy atom. The molecule has 1 aliphatic carbocycles. The molecule has 1 N–H and O–H groups in total. The van der Waals surface area contributed by atoms with Crippen LogP contribution in [-0.4, -0.2) is 44.2 Å². The number of alkyl halides is 3. The number of hydrogen-bond donors (Lipinski definition) is 1. The monoisotopic (exact) mass is 509 g/mol. The molecule has 5 rings (SSSR count). The van der Waals surface area contributed by atoms with Gasteiger partial charge in [0.2, 0.25) is 5.91 Å². The zero-order chi connectivity index (χ0) is 26.2. The number of halogens is 3. The maximum Gasteiger partial charge on any atom is 0.416 e. The molecule has 0 bridgehead atoms. The number of imidazole rings is 1. The summed E-state index contributed by atoms with van der Waals surface area (Å²) in [6.07, 6.45) is 3.04. The van der Waals surface area contributed by atoms with Crippen LogP contribution in [0.15, 0.2) is 66.0 Å². The van der Waals surface area contributed by atoms with Crippen molar-refractivity contribution in [2.24, 2.45) is 4.99 Å². The van der Waals surface area contributed by atoms with E-state index in [-0.39, 0.29) is 23.9 Å². The van der Waals surface area contributed by atoms with Gasteiger partial charge in [-0.05, 0) is 62.9 Å². The third-order valence-electron chi connectivity index (χ3n) is 6.83. The van der Waals surface area contributed by atoms with Crippen LogP contribution >= 0.6 is 0 Å². The van der Waals surface area contributed by atoms with E-state index in [1.807, 2.05) is 42.0 Å². The first-order chi connectivity index (χ1) is 17.6. The molecule has 7 nitrogen and oxygen atoms in total. The average molecular weight is 510 g/mol. The minimum Gasteiger partial charge on any atom is -0.325 e. The quantitative estimate of drug-likeness (QED) is 0.518. The van der Waals surface area contributed by atoms with Gasteiger partial charge in [0.15, 0.2) is 0 Å². The summed E-state index contributed by atoms with van der Waals surface area (Å²) in [5.41, 5.74) is 0.939. The van der Waals surface area contributed by atoms with Crippen LogP contribution in [0.2, 0.25) is 0 Å². The highest BCUT2D eigenvalue weighted by atomic mass is 19.4. The van der Waals surface area contributed by atoms with Gasteiger partial charge in [-0.1, -0.05) is 24.6 Å². The number of aliphatic imine (C=N–C) groups is 1. The Labute approximate surface area is 212 Å². The molecule has 0 unspecified atom stereocenters. The fourth-order valence-corrected chi connectivity index (χ4v) is 5.03. The number of anilines is 1. The van der Waals surface area contributed by atoms with Crippen molar-refractivity contribution < 1.29 is 22.8 Å². The lowest BCUT2D eigenvalue weighted by molar-refractivity contribution is -0.137. The van der Waals surface area contributed by atoms with Gasteiger partial charge >= 0.3 is 6.18 Å². The predicted octanol–water partition coefficient (Wildman–Crippen LogP) is 5.13. The number of aryl methyl sites for hydroxylation is 1. The fraction of sp³-hybridized carbons (Fsp3) is 0.333. The van der Waals surface area contributed by atoms with Crippen molar-refractivity contribution in [3.8, 4) is 5.69 Å². The van der Waals surface area contributed by atoms with Crippen LogP contribution < -0.4 is 5.32 Å². The fourth-order valence-electron chi connectivity index (χ4n) is 5.03. The Balaban J connectivity index is 1.40. The molecule has 37 heavy (non-hydrogen) atoms. The molecule has 0 saturated heterocycles. The molecule has 1 aromatic heterocycles. The summed E-state index contributed by atoms with van der Waals surface area (Å²) in [5.74, 6) is -0.934. The van der Waals surface area contributed by atoms with E-state index < -0.39 is 23.3 Å². The Bertz CT molecular complexity index is 1370. The Kier molecular flexibility index (Phi) is 6.35. The molecule has 1 fully saturated rings. The lowest BCUT2D eigenvalue weighted by Gasteiger charge is -2.38. The van der Waals surface area contributed by atoms with Crippen LogP contribution in [0.1, 0.15) is 48.9 Å². The molecule has 1 aliphatic heterocycles. The second kappa shape index (κ2) is 9.49. The van der Waals surface area contributed by atoms with Crippen LogP contribution in [0.25, 0.3) is 5.69 Å². The van der Waals surface area contributed by atoms with Crippen LogP contribution in [0, 0.1) is 6.92 Å². The molecule has 1 spiro atoms. The third kappa shape index (κ3) is 5.00. The van der Waals surface area contributed by atoms with Crippen molar-refractivity contribution in [1.82, 2.24) is 14.5 Å². The van der Waals surface area contributed by atoms with Gasteiger partial charge in [0.1, 0.15) is 17.9 Å². The molecule has 1 saturated carbocycles. The number of amides is 2. The lowest BCUT2D eigenvalue weighted by Crippen LogP contribution is -2.51. The third-order valence-corrected chi connectivity index (χ3v) is 6.83. The number of benzene rings is 2. The SMILES string of the molecule is Cc1cn(-c2cccc(C3=NC4(CCCCC4)N(CC(=O)Nc4cccc(C(F)(F)F)c4)C3=O)c2)cn1. The minimum absolute atomic E-state index is 0.0219. The number of hydrogen-bond acceptors (Lipinski definition) is 4. The normalized spacial score (nSPS) is 17.2. The van der Waals surface area contributed by atoms with Crippen LogP contribution in [0.5, 0.6) is 0 Å². The van der Waals surface area contributed by atoms with E-state index >= 15 is 0 Å². The smallest absolute Gasteiger partial charge is 0.325 e. The van der Waals surface area contributed by atoms with Crippen LogP contribution in [0.4, 0.5) is 18.9 Å². The summed E-state index contributed by atoms with van der Waals surface area (Å²) in [5, 5.41) is 2.52. The van der Waals surface area contributed by atoms with E-state index in [9.17, 15) is 22.8 Å². The van der Waals surface area contributed by atoms with Crippen molar-refractivity contribution in [2.45, 2.75) is 50.9 Å². The number of carbonyl (C=O) groups excluding carboxylic acids is 2. The van der Waals surface area contributed by atoms with E-state index in [4.69, 9.17) is 4.99 Å². The number of rotatable bonds is 5. The number of nitrogens with one attached hydrogen (secondary N) is 1. The lowest BCUT2D eigenvalue weighted by atomic mass is 9.88. The van der Waals surface area contributed by atoms with Gasteiger partial charge < -0.3 is 14.8 Å². The Morgan fingerprint density at radius 1 is 1.08 bits per heavy atom. The van der Waals surface area contributed by atoms with Crippen molar-refractivity contribution in [3.63, 3.8) is 0 Å². The van der Waals surface area contributed by atoms with Crippen LogP contribution in [0.3, 0.4) is 0 Å². The molecule has 2 amide bonds. The molecule has 0 atom stereocenters. The number of nitrogens with zero attached hydrogens (tertiary/aromatic N) is 4. The van der Waals surface area contributed by atoms with Gasteiger partial charge in [0.25, 0.3) is 5.91 Å². The highest BCUT2D eigenvalue weighted by Gasteiger charge is 2.48. The molecule has 2 heterocycles. The molecular weight excluding hydrogens is 483 g/mol. The van der Waals surface area contributed by atoms with Gasteiger partial charge in [-0.15, -0.1) is 0 Å². The maximum absolute atomic E-state index is 13.7. The molecule has 10 heteroatoms. The Morgan fingerprint density at radius 3 is 2.54 bits per heavy atom. The topological polar surface area (TPSA) is 79.6 Å². The van der Waals surface area contributed by atoms with Crippen molar-refractivity contribution in [1.29, 1.82) is 0 Å². The van der Waals surface area contributed by atoms with Crippen molar-refractivity contribution in [2.75, 3.05) is 11.9 Å². The largest absolute Gasteiger partial charge is 0.416 e.